The van der Waals surface area contributed by atoms with Crippen LogP contribution in [0.25, 0.3) is 0 Å². The highest BCUT2D eigenvalue weighted by Gasteiger charge is 2.22. The molecule has 0 aliphatic heterocycles. The topological polar surface area (TPSA) is 63.4 Å². The molecule has 1 aromatic carbocycles. The molecule has 4 nitrogen and oxygen atoms in total. The molecule has 1 rings (SSSR count). The number of para-hydroxylation sites is 1. The molecular formula is C10H16N2O2S2. The summed E-state index contributed by atoms with van der Waals surface area (Å²) in [6.07, 6.45) is 1.94. The van der Waals surface area contributed by atoms with E-state index in [4.69, 9.17) is 5.73 Å². The van der Waals surface area contributed by atoms with Gasteiger partial charge in [0.05, 0.1) is 5.69 Å². The number of thioether (sulfide) groups is 1. The van der Waals surface area contributed by atoms with Gasteiger partial charge in [0.1, 0.15) is 4.90 Å². The fraction of sp³-hybridized carbons (Fsp3) is 0.400. The molecule has 0 fully saturated rings. The van der Waals surface area contributed by atoms with Gasteiger partial charge in [-0.05, 0) is 18.4 Å². The molecule has 0 saturated heterocycles. The lowest BCUT2D eigenvalue weighted by molar-refractivity contribution is 0.489. The Hall–Kier alpha value is -0.720. The second-order valence-corrected chi connectivity index (χ2v) is 6.36. The van der Waals surface area contributed by atoms with E-state index in [2.05, 4.69) is 0 Å². The maximum atomic E-state index is 12.1. The van der Waals surface area contributed by atoms with Crippen molar-refractivity contribution in [3.05, 3.63) is 24.3 Å². The first-order chi connectivity index (χ1) is 7.50. The van der Waals surface area contributed by atoms with Gasteiger partial charge in [-0.15, -0.1) is 0 Å². The minimum atomic E-state index is -3.45. The lowest BCUT2D eigenvalue weighted by atomic mass is 10.3. The number of benzene rings is 1. The average molecular weight is 260 g/mol. The van der Waals surface area contributed by atoms with Crippen LogP contribution in [0.5, 0.6) is 0 Å². The number of hydrogen-bond donors (Lipinski definition) is 1. The summed E-state index contributed by atoms with van der Waals surface area (Å²) in [6, 6.07) is 6.51. The lowest BCUT2D eigenvalue weighted by Gasteiger charge is -2.17. The SMILES string of the molecule is CSCCN(C)S(=O)(=O)c1ccccc1N. The standard InChI is InChI=1S/C10H16N2O2S2/c1-12(7-8-15-2)16(13,14)10-6-4-3-5-9(10)11/h3-6H,7-8,11H2,1-2H3. The van der Waals surface area contributed by atoms with Gasteiger partial charge in [-0.1, -0.05) is 12.1 Å². The van der Waals surface area contributed by atoms with Crippen molar-refractivity contribution in [2.24, 2.45) is 0 Å². The van der Waals surface area contributed by atoms with Crippen LogP contribution in [0.3, 0.4) is 0 Å². The summed E-state index contributed by atoms with van der Waals surface area (Å²) >= 11 is 1.61. The van der Waals surface area contributed by atoms with Gasteiger partial charge in [-0.3, -0.25) is 0 Å². The van der Waals surface area contributed by atoms with Crippen LogP contribution in [0, 0.1) is 0 Å². The summed E-state index contributed by atoms with van der Waals surface area (Å²) in [5.41, 5.74) is 5.95. The first kappa shape index (κ1) is 13.3. The average Bonchev–Trinajstić information content (AvgIpc) is 2.26. The third-order valence-corrected chi connectivity index (χ3v) is 4.74. The van der Waals surface area contributed by atoms with E-state index < -0.39 is 10.0 Å². The van der Waals surface area contributed by atoms with E-state index in [9.17, 15) is 8.42 Å². The lowest BCUT2D eigenvalue weighted by Crippen LogP contribution is -2.29. The zero-order valence-corrected chi connectivity index (χ0v) is 11.0. The van der Waals surface area contributed by atoms with E-state index in [0.29, 0.717) is 12.2 Å². The maximum absolute atomic E-state index is 12.1. The highest BCUT2D eigenvalue weighted by Crippen LogP contribution is 2.20. The van der Waals surface area contributed by atoms with Gasteiger partial charge < -0.3 is 5.73 Å². The minimum Gasteiger partial charge on any atom is -0.398 e. The first-order valence-corrected chi connectivity index (χ1v) is 7.63. The third kappa shape index (κ3) is 2.90. The number of nitrogen functional groups attached to an aromatic ring is 1. The summed E-state index contributed by atoms with van der Waals surface area (Å²) in [7, 11) is -1.88. The Kier molecular flexibility index (Phi) is 4.64. The van der Waals surface area contributed by atoms with Crippen LogP contribution >= 0.6 is 11.8 Å². The van der Waals surface area contributed by atoms with Crippen LogP contribution in [0.4, 0.5) is 5.69 Å². The van der Waals surface area contributed by atoms with Crippen LogP contribution in [0.15, 0.2) is 29.2 Å². The van der Waals surface area contributed by atoms with Crippen molar-refractivity contribution in [2.45, 2.75) is 4.90 Å². The quantitative estimate of drug-likeness (QED) is 0.809. The monoisotopic (exact) mass is 260 g/mol. The Morgan fingerprint density at radius 3 is 2.56 bits per heavy atom. The highest BCUT2D eigenvalue weighted by atomic mass is 32.2. The number of rotatable bonds is 5. The van der Waals surface area contributed by atoms with E-state index in [1.165, 1.54) is 10.4 Å². The predicted molar refractivity (Wildman–Crippen MR) is 69.1 cm³/mol. The fourth-order valence-electron chi connectivity index (χ4n) is 1.22. The molecule has 16 heavy (non-hydrogen) atoms. The number of sulfonamides is 1. The van der Waals surface area contributed by atoms with E-state index in [1.54, 1.807) is 37.0 Å². The Balaban J connectivity index is 2.98. The van der Waals surface area contributed by atoms with Gasteiger partial charge >= 0.3 is 0 Å². The highest BCUT2D eigenvalue weighted by molar-refractivity contribution is 7.98. The molecule has 0 aliphatic carbocycles. The molecule has 0 aromatic heterocycles. The molecule has 0 spiro atoms. The molecule has 0 bridgehead atoms. The second kappa shape index (κ2) is 5.56. The van der Waals surface area contributed by atoms with Crippen LogP contribution in [-0.2, 0) is 10.0 Å². The fourth-order valence-corrected chi connectivity index (χ4v) is 3.08. The molecule has 90 valence electrons. The molecule has 0 heterocycles. The Morgan fingerprint density at radius 1 is 1.38 bits per heavy atom. The number of nitrogens with zero attached hydrogens (tertiary/aromatic N) is 1. The molecule has 0 saturated carbocycles. The van der Waals surface area contributed by atoms with Crippen LogP contribution < -0.4 is 5.73 Å². The van der Waals surface area contributed by atoms with Crippen molar-refractivity contribution in [2.75, 3.05) is 31.3 Å². The van der Waals surface area contributed by atoms with Crippen LogP contribution in [0.1, 0.15) is 0 Å². The van der Waals surface area contributed by atoms with Gasteiger partial charge in [0.25, 0.3) is 0 Å². The van der Waals surface area contributed by atoms with E-state index >= 15 is 0 Å². The number of nitrogens with two attached hydrogens (primary N) is 1. The summed E-state index contributed by atoms with van der Waals surface area (Å²) in [6.45, 7) is 0.484. The molecule has 1 aromatic rings. The molecular weight excluding hydrogens is 244 g/mol. The van der Waals surface area contributed by atoms with Crippen molar-refractivity contribution in [1.29, 1.82) is 0 Å². The molecule has 0 atom stereocenters. The maximum Gasteiger partial charge on any atom is 0.244 e. The first-order valence-electron chi connectivity index (χ1n) is 4.80. The zero-order valence-electron chi connectivity index (χ0n) is 9.38. The normalized spacial score (nSPS) is 11.9. The largest absolute Gasteiger partial charge is 0.398 e. The molecule has 0 aliphatic rings. The van der Waals surface area contributed by atoms with Crippen molar-refractivity contribution < 1.29 is 8.42 Å². The van der Waals surface area contributed by atoms with Crippen LogP contribution in [0.2, 0.25) is 0 Å². The zero-order chi connectivity index (χ0) is 12.2. The third-order valence-electron chi connectivity index (χ3n) is 2.22. The summed E-state index contributed by atoms with van der Waals surface area (Å²) in [5.74, 6) is 0.766. The van der Waals surface area contributed by atoms with E-state index in [1.807, 2.05) is 6.26 Å². The Labute approximate surface area is 101 Å². The van der Waals surface area contributed by atoms with Crippen molar-refractivity contribution in [1.82, 2.24) is 4.31 Å². The van der Waals surface area contributed by atoms with Crippen molar-refractivity contribution in [3.8, 4) is 0 Å². The van der Waals surface area contributed by atoms with Crippen molar-refractivity contribution >= 4 is 27.5 Å². The Morgan fingerprint density at radius 2 is 2.00 bits per heavy atom. The second-order valence-electron chi connectivity index (χ2n) is 3.36. The summed E-state index contributed by atoms with van der Waals surface area (Å²) in [4.78, 5) is 0.179. The summed E-state index contributed by atoms with van der Waals surface area (Å²) in [5, 5.41) is 0. The number of anilines is 1. The molecule has 2 N–H and O–H groups in total. The van der Waals surface area contributed by atoms with Gasteiger partial charge in [0.2, 0.25) is 10.0 Å². The van der Waals surface area contributed by atoms with Crippen LogP contribution in [-0.4, -0.2) is 38.3 Å². The number of hydrogen-bond acceptors (Lipinski definition) is 4. The van der Waals surface area contributed by atoms with Gasteiger partial charge in [-0.25, -0.2) is 12.7 Å². The molecule has 6 heteroatoms. The van der Waals surface area contributed by atoms with Gasteiger partial charge in [0, 0.05) is 19.3 Å². The van der Waals surface area contributed by atoms with E-state index in [-0.39, 0.29) is 4.90 Å². The molecule has 0 unspecified atom stereocenters. The van der Waals surface area contributed by atoms with Gasteiger partial charge in [0.15, 0.2) is 0 Å². The predicted octanol–water partition coefficient (Wildman–Crippen LogP) is 1.25. The smallest absolute Gasteiger partial charge is 0.244 e. The molecule has 0 radical (unpaired) electrons. The minimum absolute atomic E-state index is 0.179. The van der Waals surface area contributed by atoms with E-state index in [0.717, 1.165) is 5.75 Å². The van der Waals surface area contributed by atoms with Gasteiger partial charge in [-0.2, -0.15) is 11.8 Å². The summed E-state index contributed by atoms with van der Waals surface area (Å²) < 4.78 is 25.5. The molecule has 0 amide bonds. The Bertz CT molecular complexity index is 446. The van der Waals surface area contributed by atoms with Crippen molar-refractivity contribution in [3.63, 3.8) is 0 Å².